The monoisotopic (exact) mass is 381 g/mol. The first-order valence-corrected chi connectivity index (χ1v) is 9.65. The van der Waals surface area contributed by atoms with Crippen molar-refractivity contribution in [1.29, 1.82) is 0 Å². The summed E-state index contributed by atoms with van der Waals surface area (Å²) in [6, 6.07) is 6.36. The molecule has 0 amide bonds. The maximum Gasteiger partial charge on any atom is 0.162 e. The minimum Gasteiger partial charge on any atom is -0.384 e. The lowest BCUT2D eigenvalue weighted by molar-refractivity contribution is 0.0984. The van der Waals surface area contributed by atoms with Crippen molar-refractivity contribution >= 4 is 16.9 Å². The first-order chi connectivity index (χ1) is 13.5. The molecule has 4 rings (SSSR count). The fraction of sp³-hybridized carbons (Fsp3) is 0.476. The summed E-state index contributed by atoms with van der Waals surface area (Å²) in [4.78, 5) is 19.8. The number of H-pyrrole nitrogens is 1. The normalized spacial score (nSPS) is 18.0. The van der Waals surface area contributed by atoms with Gasteiger partial charge in [-0.3, -0.25) is 0 Å². The summed E-state index contributed by atoms with van der Waals surface area (Å²) in [6.07, 6.45) is 3.69. The summed E-state index contributed by atoms with van der Waals surface area (Å²) in [7, 11) is 1.72. The number of ether oxygens (including phenoxy) is 2. The Morgan fingerprint density at radius 2 is 2.18 bits per heavy atom. The van der Waals surface area contributed by atoms with E-state index in [9.17, 15) is 0 Å². The lowest BCUT2D eigenvalue weighted by atomic mass is 9.89. The van der Waals surface area contributed by atoms with Gasteiger partial charge in [0.25, 0.3) is 0 Å². The van der Waals surface area contributed by atoms with Gasteiger partial charge in [-0.2, -0.15) is 0 Å². The van der Waals surface area contributed by atoms with E-state index in [1.54, 1.807) is 13.3 Å². The second kappa shape index (κ2) is 7.48. The van der Waals surface area contributed by atoms with Crippen molar-refractivity contribution in [2.24, 2.45) is 0 Å². The third-order valence-electron chi connectivity index (χ3n) is 5.27. The maximum absolute atomic E-state index is 5.61. The number of nitrogens with zero attached hydrogens (tertiary/aromatic N) is 4. The lowest BCUT2D eigenvalue weighted by Crippen LogP contribution is -2.44. The standard InChI is InChI=1S/C21H27N5O2/c1-14-12-28-10-9-26(14)18-11-17(21(2,3)13-27-4)24-20(25-18)16-6-8-23-19-15(16)5-7-22-19/h5-8,11,14H,9-10,12-13H2,1-4H3,(H,22,23). The SMILES string of the molecule is COCC(C)(C)c1cc(N2CCOCC2C)nc(-c2ccnc3[nH]ccc23)n1. The molecule has 3 aromatic heterocycles. The Balaban J connectivity index is 1.88. The smallest absolute Gasteiger partial charge is 0.162 e. The number of hydrogen-bond donors (Lipinski definition) is 1. The van der Waals surface area contributed by atoms with E-state index in [-0.39, 0.29) is 11.5 Å². The third-order valence-corrected chi connectivity index (χ3v) is 5.27. The molecular formula is C21H27N5O2. The highest BCUT2D eigenvalue weighted by atomic mass is 16.5. The summed E-state index contributed by atoms with van der Waals surface area (Å²) < 4.78 is 11.1. The molecule has 0 bridgehead atoms. The van der Waals surface area contributed by atoms with Crippen LogP contribution in [0, 0.1) is 0 Å². The average Bonchev–Trinajstić information content (AvgIpc) is 3.17. The van der Waals surface area contributed by atoms with Gasteiger partial charge in [0.05, 0.1) is 31.6 Å². The number of anilines is 1. The molecule has 1 aliphatic heterocycles. The Bertz CT molecular complexity index is 968. The van der Waals surface area contributed by atoms with Crippen molar-refractivity contribution in [3.8, 4) is 11.4 Å². The predicted octanol–water partition coefficient (Wildman–Crippen LogP) is 3.17. The minimum absolute atomic E-state index is 0.235. The van der Waals surface area contributed by atoms with Gasteiger partial charge in [0, 0.05) is 48.5 Å². The van der Waals surface area contributed by atoms with E-state index in [0.29, 0.717) is 25.6 Å². The maximum atomic E-state index is 5.61. The number of methoxy groups -OCH3 is 1. The molecule has 148 valence electrons. The van der Waals surface area contributed by atoms with Crippen molar-refractivity contribution in [2.45, 2.75) is 32.2 Å². The summed E-state index contributed by atoms with van der Waals surface area (Å²) >= 11 is 0. The quantitative estimate of drug-likeness (QED) is 0.732. The van der Waals surface area contributed by atoms with Crippen LogP contribution in [-0.2, 0) is 14.9 Å². The van der Waals surface area contributed by atoms with Gasteiger partial charge >= 0.3 is 0 Å². The fourth-order valence-corrected chi connectivity index (χ4v) is 3.71. The molecule has 1 aliphatic rings. The molecule has 0 aliphatic carbocycles. The van der Waals surface area contributed by atoms with Crippen LogP contribution in [0.4, 0.5) is 5.82 Å². The minimum atomic E-state index is -0.235. The van der Waals surface area contributed by atoms with Crippen molar-refractivity contribution in [3.05, 3.63) is 36.3 Å². The van der Waals surface area contributed by atoms with Crippen LogP contribution in [0.15, 0.2) is 30.6 Å². The Morgan fingerprint density at radius 1 is 1.32 bits per heavy atom. The molecule has 3 aromatic rings. The van der Waals surface area contributed by atoms with Crippen LogP contribution in [0.3, 0.4) is 0 Å². The Kier molecular flexibility index (Phi) is 5.03. The Hall–Kier alpha value is -2.51. The number of rotatable bonds is 5. The van der Waals surface area contributed by atoms with Gasteiger partial charge in [-0.05, 0) is 19.1 Å². The number of hydrogen-bond acceptors (Lipinski definition) is 6. The van der Waals surface area contributed by atoms with E-state index in [4.69, 9.17) is 19.4 Å². The molecule has 0 radical (unpaired) electrons. The summed E-state index contributed by atoms with van der Waals surface area (Å²) in [5.41, 5.74) is 2.54. The fourth-order valence-electron chi connectivity index (χ4n) is 3.71. The zero-order valence-corrected chi connectivity index (χ0v) is 16.9. The van der Waals surface area contributed by atoms with Crippen LogP contribution < -0.4 is 4.90 Å². The van der Waals surface area contributed by atoms with E-state index in [0.717, 1.165) is 34.7 Å². The number of morpholine rings is 1. The van der Waals surface area contributed by atoms with Crippen LogP contribution in [0.2, 0.25) is 0 Å². The predicted molar refractivity (Wildman–Crippen MR) is 110 cm³/mol. The van der Waals surface area contributed by atoms with E-state index in [1.165, 1.54) is 0 Å². The van der Waals surface area contributed by atoms with Crippen LogP contribution in [0.25, 0.3) is 22.4 Å². The van der Waals surface area contributed by atoms with Crippen molar-refractivity contribution in [3.63, 3.8) is 0 Å². The van der Waals surface area contributed by atoms with Gasteiger partial charge in [0.15, 0.2) is 5.82 Å². The van der Waals surface area contributed by atoms with Gasteiger partial charge in [0.1, 0.15) is 11.5 Å². The molecular weight excluding hydrogens is 354 g/mol. The topological polar surface area (TPSA) is 76.2 Å². The van der Waals surface area contributed by atoms with Gasteiger partial charge in [-0.25, -0.2) is 15.0 Å². The van der Waals surface area contributed by atoms with Crippen molar-refractivity contribution in [2.75, 3.05) is 38.4 Å². The average molecular weight is 381 g/mol. The molecule has 1 N–H and O–H groups in total. The van der Waals surface area contributed by atoms with Crippen LogP contribution in [-0.4, -0.2) is 59.5 Å². The number of pyridine rings is 1. The zero-order valence-electron chi connectivity index (χ0n) is 16.9. The summed E-state index contributed by atoms with van der Waals surface area (Å²) in [5, 5.41) is 1.02. The highest BCUT2D eigenvalue weighted by Crippen LogP contribution is 2.31. The molecule has 1 saturated heterocycles. The first kappa shape index (κ1) is 18.8. The van der Waals surface area contributed by atoms with Crippen molar-refractivity contribution in [1.82, 2.24) is 19.9 Å². The van der Waals surface area contributed by atoms with Crippen molar-refractivity contribution < 1.29 is 9.47 Å². The molecule has 1 atom stereocenters. The number of nitrogens with one attached hydrogen (secondary N) is 1. The first-order valence-electron chi connectivity index (χ1n) is 9.65. The van der Waals surface area contributed by atoms with Gasteiger partial charge in [-0.1, -0.05) is 13.8 Å². The van der Waals surface area contributed by atoms with Crippen LogP contribution >= 0.6 is 0 Å². The molecule has 28 heavy (non-hydrogen) atoms. The molecule has 4 heterocycles. The second-order valence-electron chi connectivity index (χ2n) is 7.97. The lowest BCUT2D eigenvalue weighted by Gasteiger charge is -2.35. The molecule has 1 fully saturated rings. The number of fused-ring (bicyclic) bond motifs is 1. The Labute approximate surface area is 165 Å². The molecule has 0 saturated carbocycles. The van der Waals surface area contributed by atoms with Crippen LogP contribution in [0.1, 0.15) is 26.5 Å². The van der Waals surface area contributed by atoms with E-state index in [1.807, 2.05) is 18.3 Å². The number of aromatic nitrogens is 4. The highest BCUT2D eigenvalue weighted by molar-refractivity contribution is 5.91. The van der Waals surface area contributed by atoms with Crippen LogP contribution in [0.5, 0.6) is 0 Å². The molecule has 1 unspecified atom stereocenters. The Morgan fingerprint density at radius 3 is 2.96 bits per heavy atom. The summed E-state index contributed by atoms with van der Waals surface area (Å²) in [5.74, 6) is 1.64. The molecule has 7 nitrogen and oxygen atoms in total. The molecule has 0 aromatic carbocycles. The van der Waals surface area contributed by atoms with Gasteiger partial charge in [0.2, 0.25) is 0 Å². The zero-order chi connectivity index (χ0) is 19.7. The van der Waals surface area contributed by atoms with Gasteiger partial charge < -0.3 is 19.4 Å². The van der Waals surface area contributed by atoms with E-state index >= 15 is 0 Å². The summed E-state index contributed by atoms with van der Waals surface area (Å²) in [6.45, 7) is 9.26. The number of aromatic amines is 1. The van der Waals surface area contributed by atoms with E-state index in [2.05, 4.69) is 41.7 Å². The largest absolute Gasteiger partial charge is 0.384 e. The molecule has 0 spiro atoms. The van der Waals surface area contributed by atoms with Gasteiger partial charge in [-0.15, -0.1) is 0 Å². The highest BCUT2D eigenvalue weighted by Gasteiger charge is 2.28. The molecule has 7 heteroatoms. The second-order valence-corrected chi connectivity index (χ2v) is 7.97. The van der Waals surface area contributed by atoms with E-state index < -0.39 is 0 Å². The third kappa shape index (κ3) is 3.47.